The van der Waals surface area contributed by atoms with E-state index in [2.05, 4.69) is 15.2 Å². The van der Waals surface area contributed by atoms with E-state index in [1.54, 1.807) is 0 Å². The second-order valence-electron chi connectivity index (χ2n) is 7.62. The topological polar surface area (TPSA) is 69.8 Å². The van der Waals surface area contributed by atoms with Crippen LogP contribution in [-0.2, 0) is 0 Å². The molecule has 1 aromatic carbocycles. The number of nitrogens with one attached hydrogen (secondary N) is 2. The van der Waals surface area contributed by atoms with Gasteiger partial charge >= 0.3 is 0 Å². The highest BCUT2D eigenvalue weighted by Gasteiger charge is 2.32. The molecule has 28 heavy (non-hydrogen) atoms. The number of likely N-dealkylation sites (tertiary alicyclic amines) is 1. The molecule has 7 nitrogen and oxygen atoms in total. The second-order valence-corrected chi connectivity index (χ2v) is 7.62. The summed E-state index contributed by atoms with van der Waals surface area (Å²) < 4.78 is 11.3. The van der Waals surface area contributed by atoms with Crippen LogP contribution in [0, 0.1) is 0 Å². The smallest absolute Gasteiger partial charge is 0.256 e. The Balaban J connectivity index is 1.34. The Kier molecular flexibility index (Phi) is 4.70. The lowest BCUT2D eigenvalue weighted by molar-refractivity contribution is 0.0774. The van der Waals surface area contributed by atoms with Gasteiger partial charge in [-0.15, -0.1) is 0 Å². The van der Waals surface area contributed by atoms with Crippen LogP contribution in [0.15, 0.2) is 30.6 Å². The normalized spacial score (nSPS) is 22.4. The summed E-state index contributed by atoms with van der Waals surface area (Å²) in [6.07, 6.45) is 4.75. The molecule has 4 heterocycles. The molecule has 0 bridgehead atoms. The number of hydrogen-bond acceptors (Lipinski definition) is 5. The molecular formula is C21H26N4O3. The molecular weight excluding hydrogens is 356 g/mol. The molecule has 3 aliphatic rings. The van der Waals surface area contributed by atoms with Crippen molar-refractivity contribution in [1.29, 1.82) is 0 Å². The fraction of sp³-hybridized carbons (Fsp3) is 0.476. The van der Waals surface area contributed by atoms with Gasteiger partial charge in [0.05, 0.1) is 5.56 Å². The quantitative estimate of drug-likeness (QED) is 0.843. The minimum absolute atomic E-state index is 0.101. The number of nitrogens with zero attached hydrogens (tertiary/aromatic N) is 2. The van der Waals surface area contributed by atoms with Gasteiger partial charge in [0.2, 0.25) is 0 Å². The zero-order valence-corrected chi connectivity index (χ0v) is 15.9. The Bertz CT molecular complexity index is 859. The third-order valence-electron chi connectivity index (χ3n) is 5.95. The number of benzene rings is 1. The minimum atomic E-state index is 0.101. The number of H-pyrrole nitrogens is 1. The van der Waals surface area contributed by atoms with Gasteiger partial charge in [0.15, 0.2) is 11.5 Å². The summed E-state index contributed by atoms with van der Waals surface area (Å²) >= 11 is 0. The van der Waals surface area contributed by atoms with Gasteiger partial charge in [0, 0.05) is 63.3 Å². The van der Waals surface area contributed by atoms with Crippen LogP contribution in [0.3, 0.4) is 0 Å². The predicted octanol–water partition coefficient (Wildman–Crippen LogP) is 1.57. The first-order chi connectivity index (χ1) is 13.8. The van der Waals surface area contributed by atoms with Gasteiger partial charge in [-0.2, -0.15) is 0 Å². The summed E-state index contributed by atoms with van der Waals surface area (Å²) in [4.78, 5) is 20.9. The van der Waals surface area contributed by atoms with E-state index in [0.29, 0.717) is 19.3 Å². The first-order valence-corrected chi connectivity index (χ1v) is 10.1. The molecule has 3 aliphatic heterocycles. The lowest BCUT2D eigenvalue weighted by atomic mass is 10.0. The van der Waals surface area contributed by atoms with E-state index in [4.69, 9.17) is 9.47 Å². The zero-order chi connectivity index (χ0) is 18.9. The Hall–Kier alpha value is -2.51. The van der Waals surface area contributed by atoms with Gasteiger partial charge in [0.1, 0.15) is 13.2 Å². The monoisotopic (exact) mass is 382 g/mol. The highest BCUT2D eigenvalue weighted by molar-refractivity contribution is 6.01. The molecule has 148 valence electrons. The van der Waals surface area contributed by atoms with Crippen molar-refractivity contribution < 1.29 is 14.3 Å². The number of fused-ring (bicyclic) bond motifs is 1. The Morgan fingerprint density at radius 3 is 2.71 bits per heavy atom. The molecule has 0 radical (unpaired) electrons. The molecule has 1 aromatic heterocycles. The van der Waals surface area contributed by atoms with Crippen molar-refractivity contribution in [3.8, 4) is 22.6 Å². The molecule has 0 spiro atoms. The standard InChI is InChI=1S/C21H26N4O3/c26-21(25-6-3-16(14-25)24-7-4-22-5-8-24)18-13-23-12-17(18)15-1-2-19-20(11-15)28-10-9-27-19/h1-2,11-13,16,22-23H,3-10,14H2. The van der Waals surface area contributed by atoms with Gasteiger partial charge < -0.3 is 24.7 Å². The summed E-state index contributed by atoms with van der Waals surface area (Å²) in [7, 11) is 0. The van der Waals surface area contributed by atoms with Crippen molar-refractivity contribution >= 4 is 5.91 Å². The van der Waals surface area contributed by atoms with Crippen LogP contribution in [0.4, 0.5) is 0 Å². The summed E-state index contributed by atoms with van der Waals surface area (Å²) in [6, 6.07) is 6.34. The van der Waals surface area contributed by atoms with Gasteiger partial charge in [-0.05, 0) is 24.1 Å². The highest BCUT2D eigenvalue weighted by atomic mass is 16.6. The van der Waals surface area contributed by atoms with E-state index in [-0.39, 0.29) is 5.91 Å². The number of hydrogen-bond donors (Lipinski definition) is 2. The van der Waals surface area contributed by atoms with Gasteiger partial charge in [-0.1, -0.05) is 6.07 Å². The molecule has 2 N–H and O–H groups in total. The molecule has 0 aliphatic carbocycles. The van der Waals surface area contributed by atoms with E-state index in [0.717, 1.165) is 73.9 Å². The third kappa shape index (κ3) is 3.25. The van der Waals surface area contributed by atoms with Crippen LogP contribution in [-0.4, -0.2) is 79.2 Å². The molecule has 2 saturated heterocycles. The lowest BCUT2D eigenvalue weighted by Crippen LogP contribution is -2.49. The molecule has 1 atom stereocenters. The molecule has 7 heteroatoms. The first-order valence-electron chi connectivity index (χ1n) is 10.1. The minimum Gasteiger partial charge on any atom is -0.486 e. The Morgan fingerprint density at radius 1 is 1.04 bits per heavy atom. The van der Waals surface area contributed by atoms with Gasteiger partial charge in [-0.3, -0.25) is 9.69 Å². The molecule has 5 rings (SSSR count). The average molecular weight is 382 g/mol. The van der Waals surface area contributed by atoms with E-state index >= 15 is 0 Å². The van der Waals surface area contributed by atoms with Gasteiger partial charge in [-0.25, -0.2) is 0 Å². The van der Waals surface area contributed by atoms with Crippen LogP contribution >= 0.6 is 0 Å². The SMILES string of the molecule is O=C(c1c[nH]cc1-c1ccc2c(c1)OCCO2)N1CCC(N2CCNCC2)C1. The largest absolute Gasteiger partial charge is 0.486 e. The number of carbonyl (C=O) groups excluding carboxylic acids is 1. The number of carbonyl (C=O) groups is 1. The lowest BCUT2D eigenvalue weighted by Gasteiger charge is -2.32. The maximum absolute atomic E-state index is 13.2. The number of aromatic amines is 1. The average Bonchev–Trinajstić information content (AvgIpc) is 3.44. The predicted molar refractivity (Wildman–Crippen MR) is 106 cm³/mol. The molecule has 1 amide bonds. The van der Waals surface area contributed by atoms with Gasteiger partial charge in [0.25, 0.3) is 5.91 Å². The molecule has 2 aromatic rings. The van der Waals surface area contributed by atoms with E-state index in [1.807, 2.05) is 35.5 Å². The summed E-state index contributed by atoms with van der Waals surface area (Å²) in [6.45, 7) is 6.97. The third-order valence-corrected chi connectivity index (χ3v) is 5.95. The zero-order valence-electron chi connectivity index (χ0n) is 15.9. The summed E-state index contributed by atoms with van der Waals surface area (Å²) in [5.74, 6) is 1.60. The van der Waals surface area contributed by atoms with Crippen LogP contribution in [0.1, 0.15) is 16.8 Å². The van der Waals surface area contributed by atoms with Crippen molar-refractivity contribution in [2.45, 2.75) is 12.5 Å². The van der Waals surface area contributed by atoms with E-state index < -0.39 is 0 Å². The van der Waals surface area contributed by atoms with Crippen molar-refractivity contribution in [3.63, 3.8) is 0 Å². The van der Waals surface area contributed by atoms with Crippen molar-refractivity contribution in [2.75, 3.05) is 52.5 Å². The van der Waals surface area contributed by atoms with Crippen LogP contribution < -0.4 is 14.8 Å². The number of amides is 1. The Morgan fingerprint density at radius 2 is 1.86 bits per heavy atom. The highest BCUT2D eigenvalue weighted by Crippen LogP contribution is 2.36. The van der Waals surface area contributed by atoms with Crippen molar-refractivity contribution in [1.82, 2.24) is 20.1 Å². The molecule has 2 fully saturated rings. The maximum atomic E-state index is 13.2. The number of aromatic nitrogens is 1. The second kappa shape index (κ2) is 7.48. The van der Waals surface area contributed by atoms with Crippen molar-refractivity contribution in [2.24, 2.45) is 0 Å². The van der Waals surface area contributed by atoms with Crippen LogP contribution in [0.2, 0.25) is 0 Å². The number of ether oxygens (including phenoxy) is 2. The summed E-state index contributed by atoms with van der Waals surface area (Å²) in [5, 5.41) is 3.40. The van der Waals surface area contributed by atoms with E-state index in [9.17, 15) is 4.79 Å². The van der Waals surface area contributed by atoms with Crippen molar-refractivity contribution in [3.05, 3.63) is 36.2 Å². The molecule has 1 unspecified atom stereocenters. The fourth-order valence-electron chi connectivity index (χ4n) is 4.43. The van der Waals surface area contributed by atoms with Crippen LogP contribution in [0.25, 0.3) is 11.1 Å². The first kappa shape index (κ1) is 17.6. The fourth-order valence-corrected chi connectivity index (χ4v) is 4.43. The summed E-state index contributed by atoms with van der Waals surface area (Å²) in [5.41, 5.74) is 2.59. The number of piperazine rings is 1. The number of rotatable bonds is 3. The maximum Gasteiger partial charge on any atom is 0.256 e. The Labute approximate surface area is 164 Å². The van der Waals surface area contributed by atoms with Crippen LogP contribution in [0.5, 0.6) is 11.5 Å². The van der Waals surface area contributed by atoms with E-state index in [1.165, 1.54) is 0 Å². The molecule has 0 saturated carbocycles.